The van der Waals surface area contributed by atoms with Crippen LogP contribution in [-0.4, -0.2) is 21.6 Å². The zero-order chi connectivity index (χ0) is 17.8. The van der Waals surface area contributed by atoms with Gasteiger partial charge in [0.25, 0.3) is 11.8 Å². The third kappa shape index (κ3) is 3.77. The number of carbonyl (C=O) groups is 2. The van der Waals surface area contributed by atoms with E-state index in [0.29, 0.717) is 17.1 Å². The van der Waals surface area contributed by atoms with Crippen LogP contribution in [0.25, 0.3) is 0 Å². The van der Waals surface area contributed by atoms with Crippen LogP contribution in [0.3, 0.4) is 0 Å². The highest BCUT2D eigenvalue weighted by Gasteiger charge is 2.12. The smallest absolute Gasteiger partial charge is 0.291 e. The Bertz CT molecular complexity index is 864. The number of carbonyl (C=O) groups excluding carboxylic acids is 2. The fourth-order valence-electron chi connectivity index (χ4n) is 2.32. The molecule has 7 heteroatoms. The maximum Gasteiger partial charge on any atom is 0.291 e. The molecule has 0 aliphatic carbocycles. The number of hydrogen-bond donors (Lipinski definition) is 2. The SMILES string of the molecule is CC(C)n1nccc1NC(=O)c1ccc(NC(=O)c2ccco2)cc1. The van der Waals surface area contributed by atoms with Gasteiger partial charge in [-0.2, -0.15) is 5.10 Å². The maximum atomic E-state index is 12.4. The van der Waals surface area contributed by atoms with Gasteiger partial charge in [0.05, 0.1) is 12.5 Å². The number of amides is 2. The Labute approximate surface area is 144 Å². The summed E-state index contributed by atoms with van der Waals surface area (Å²) in [6.45, 7) is 3.97. The van der Waals surface area contributed by atoms with Gasteiger partial charge in [-0.1, -0.05) is 0 Å². The second kappa shape index (κ2) is 7.04. The summed E-state index contributed by atoms with van der Waals surface area (Å²) in [6.07, 6.45) is 3.08. The molecule has 0 unspecified atom stereocenters. The van der Waals surface area contributed by atoms with Gasteiger partial charge < -0.3 is 15.1 Å². The molecule has 0 spiro atoms. The minimum atomic E-state index is -0.344. The van der Waals surface area contributed by atoms with E-state index in [0.717, 1.165) is 0 Å². The van der Waals surface area contributed by atoms with E-state index >= 15 is 0 Å². The highest BCUT2D eigenvalue weighted by Crippen LogP contribution is 2.16. The highest BCUT2D eigenvalue weighted by atomic mass is 16.3. The summed E-state index contributed by atoms with van der Waals surface area (Å²) in [5.74, 6) is 0.272. The third-order valence-corrected chi connectivity index (χ3v) is 3.55. The molecule has 0 atom stereocenters. The Morgan fingerprint density at radius 3 is 2.44 bits per heavy atom. The number of rotatable bonds is 5. The van der Waals surface area contributed by atoms with Crippen LogP contribution in [0.4, 0.5) is 11.5 Å². The second-order valence-corrected chi connectivity index (χ2v) is 5.72. The van der Waals surface area contributed by atoms with Crippen LogP contribution in [0, 0.1) is 0 Å². The molecular weight excluding hydrogens is 320 g/mol. The highest BCUT2D eigenvalue weighted by molar-refractivity contribution is 6.05. The van der Waals surface area contributed by atoms with Gasteiger partial charge in [0.1, 0.15) is 5.82 Å². The minimum Gasteiger partial charge on any atom is -0.459 e. The van der Waals surface area contributed by atoms with E-state index in [2.05, 4.69) is 15.7 Å². The van der Waals surface area contributed by atoms with Gasteiger partial charge in [0, 0.05) is 23.4 Å². The summed E-state index contributed by atoms with van der Waals surface area (Å²) in [5.41, 5.74) is 1.05. The second-order valence-electron chi connectivity index (χ2n) is 5.72. The van der Waals surface area contributed by atoms with E-state index < -0.39 is 0 Å². The fraction of sp³-hybridized carbons (Fsp3) is 0.167. The average molecular weight is 338 g/mol. The van der Waals surface area contributed by atoms with Crippen molar-refractivity contribution in [3.8, 4) is 0 Å². The Morgan fingerprint density at radius 2 is 1.80 bits per heavy atom. The van der Waals surface area contributed by atoms with Crippen LogP contribution in [0.2, 0.25) is 0 Å². The van der Waals surface area contributed by atoms with Crippen molar-refractivity contribution < 1.29 is 14.0 Å². The lowest BCUT2D eigenvalue weighted by Gasteiger charge is -2.12. The van der Waals surface area contributed by atoms with Gasteiger partial charge in [0.2, 0.25) is 0 Å². The van der Waals surface area contributed by atoms with Crippen molar-refractivity contribution in [2.45, 2.75) is 19.9 Å². The Morgan fingerprint density at radius 1 is 1.04 bits per heavy atom. The minimum absolute atomic E-state index is 0.143. The summed E-state index contributed by atoms with van der Waals surface area (Å²) in [7, 11) is 0. The number of benzene rings is 1. The third-order valence-electron chi connectivity index (χ3n) is 3.55. The predicted molar refractivity (Wildman–Crippen MR) is 93.7 cm³/mol. The molecule has 25 heavy (non-hydrogen) atoms. The molecule has 0 fully saturated rings. The van der Waals surface area contributed by atoms with Crippen LogP contribution < -0.4 is 10.6 Å². The summed E-state index contributed by atoms with van der Waals surface area (Å²) in [4.78, 5) is 24.3. The van der Waals surface area contributed by atoms with Crippen LogP contribution in [0.5, 0.6) is 0 Å². The van der Waals surface area contributed by atoms with E-state index in [4.69, 9.17) is 4.42 Å². The molecule has 2 N–H and O–H groups in total. The molecule has 3 rings (SSSR count). The van der Waals surface area contributed by atoms with Gasteiger partial charge in [-0.05, 0) is 50.2 Å². The molecule has 0 radical (unpaired) electrons. The first-order chi connectivity index (χ1) is 12.0. The molecule has 0 aliphatic heterocycles. The molecule has 0 bridgehead atoms. The standard InChI is InChI=1S/C18H18N4O3/c1-12(2)22-16(9-10-19-22)21-17(23)13-5-7-14(8-6-13)20-18(24)15-4-3-11-25-15/h3-12H,1-2H3,(H,20,24)(H,21,23). The zero-order valence-corrected chi connectivity index (χ0v) is 13.9. The average Bonchev–Trinajstić information content (AvgIpc) is 3.27. The monoisotopic (exact) mass is 338 g/mol. The molecular formula is C18H18N4O3. The van der Waals surface area contributed by atoms with Crippen LogP contribution in [0.15, 0.2) is 59.3 Å². The lowest BCUT2D eigenvalue weighted by molar-refractivity contribution is 0.0995. The van der Waals surface area contributed by atoms with Gasteiger partial charge in [-0.25, -0.2) is 4.68 Å². The van der Waals surface area contributed by atoms with Crippen molar-refractivity contribution in [3.63, 3.8) is 0 Å². The largest absolute Gasteiger partial charge is 0.459 e. The predicted octanol–water partition coefficient (Wildman–Crippen LogP) is 3.56. The molecule has 1 aromatic carbocycles. The maximum absolute atomic E-state index is 12.4. The molecule has 7 nitrogen and oxygen atoms in total. The molecule has 0 aliphatic rings. The van der Waals surface area contributed by atoms with Crippen LogP contribution in [-0.2, 0) is 0 Å². The number of nitrogens with one attached hydrogen (secondary N) is 2. The van der Waals surface area contributed by atoms with Crippen molar-refractivity contribution in [2.24, 2.45) is 0 Å². The molecule has 128 valence electrons. The van der Waals surface area contributed by atoms with Crippen molar-refractivity contribution in [3.05, 3.63) is 66.2 Å². The van der Waals surface area contributed by atoms with E-state index in [1.807, 2.05) is 13.8 Å². The molecule has 0 saturated carbocycles. The topological polar surface area (TPSA) is 89.2 Å². The lowest BCUT2D eigenvalue weighted by atomic mass is 10.2. The summed E-state index contributed by atoms with van der Waals surface area (Å²) >= 11 is 0. The van der Waals surface area contributed by atoms with Crippen LogP contribution in [0.1, 0.15) is 40.8 Å². The first-order valence-corrected chi connectivity index (χ1v) is 7.84. The van der Waals surface area contributed by atoms with E-state index in [-0.39, 0.29) is 23.6 Å². The van der Waals surface area contributed by atoms with E-state index in [9.17, 15) is 9.59 Å². The molecule has 2 heterocycles. The van der Waals surface area contributed by atoms with Gasteiger partial charge >= 0.3 is 0 Å². The first-order valence-electron chi connectivity index (χ1n) is 7.84. The Hall–Kier alpha value is -3.35. The Balaban J connectivity index is 1.66. The fourth-order valence-corrected chi connectivity index (χ4v) is 2.32. The van der Waals surface area contributed by atoms with Gasteiger partial charge in [-0.3, -0.25) is 9.59 Å². The molecule has 3 aromatic rings. The summed E-state index contributed by atoms with van der Waals surface area (Å²) in [6, 6.07) is 11.7. The summed E-state index contributed by atoms with van der Waals surface area (Å²) in [5, 5.41) is 9.71. The number of furan rings is 1. The van der Waals surface area contributed by atoms with Crippen molar-refractivity contribution in [1.82, 2.24) is 9.78 Å². The van der Waals surface area contributed by atoms with Crippen molar-refractivity contribution in [1.29, 1.82) is 0 Å². The normalized spacial score (nSPS) is 10.7. The number of aromatic nitrogens is 2. The summed E-state index contributed by atoms with van der Waals surface area (Å²) < 4.78 is 6.77. The zero-order valence-electron chi connectivity index (χ0n) is 13.9. The van der Waals surface area contributed by atoms with Gasteiger partial charge in [0.15, 0.2) is 5.76 Å². The number of hydrogen-bond acceptors (Lipinski definition) is 4. The van der Waals surface area contributed by atoms with Crippen molar-refractivity contribution in [2.75, 3.05) is 10.6 Å². The van der Waals surface area contributed by atoms with Crippen LogP contribution >= 0.6 is 0 Å². The van der Waals surface area contributed by atoms with Gasteiger partial charge in [-0.15, -0.1) is 0 Å². The first kappa shape index (κ1) is 16.5. The number of anilines is 2. The van der Waals surface area contributed by atoms with E-state index in [1.165, 1.54) is 6.26 Å². The van der Waals surface area contributed by atoms with E-state index in [1.54, 1.807) is 53.3 Å². The molecule has 0 saturated heterocycles. The Kier molecular flexibility index (Phi) is 4.65. The quantitative estimate of drug-likeness (QED) is 0.744. The molecule has 2 aromatic heterocycles. The van der Waals surface area contributed by atoms with Crippen molar-refractivity contribution >= 4 is 23.3 Å². The lowest BCUT2D eigenvalue weighted by Crippen LogP contribution is -2.17. The molecule has 2 amide bonds. The number of nitrogens with zero attached hydrogens (tertiary/aromatic N) is 2.